The molecule has 1 aliphatic rings. The maximum atomic E-state index is 12.2. The predicted octanol–water partition coefficient (Wildman–Crippen LogP) is 3.19. The molecule has 1 N–H and O–H groups in total. The fourth-order valence-corrected chi connectivity index (χ4v) is 2.72. The van der Waals surface area contributed by atoms with E-state index in [-0.39, 0.29) is 12.1 Å². The van der Waals surface area contributed by atoms with Crippen LogP contribution in [0.4, 0.5) is 4.79 Å². The molecule has 0 bridgehead atoms. The summed E-state index contributed by atoms with van der Waals surface area (Å²) in [5, 5.41) is 2.94. The summed E-state index contributed by atoms with van der Waals surface area (Å²) >= 11 is 0. The molecule has 2 aromatic rings. The molecule has 0 aliphatic carbocycles. The van der Waals surface area contributed by atoms with E-state index in [1.54, 1.807) is 0 Å². The second-order valence-corrected chi connectivity index (χ2v) is 5.00. The van der Waals surface area contributed by atoms with Crippen LogP contribution in [0.5, 0.6) is 0 Å². The summed E-state index contributed by atoms with van der Waals surface area (Å²) in [4.78, 5) is 14.1. The zero-order chi connectivity index (χ0) is 13.8. The SMILES string of the molecule is O=C1NCCCN1C(c1ccccc1)c1ccccc1. The van der Waals surface area contributed by atoms with Gasteiger partial charge >= 0.3 is 6.03 Å². The largest absolute Gasteiger partial charge is 0.338 e. The van der Waals surface area contributed by atoms with Gasteiger partial charge < -0.3 is 10.2 Å². The van der Waals surface area contributed by atoms with Crippen LogP contribution in [0.2, 0.25) is 0 Å². The first-order chi connectivity index (χ1) is 9.86. The minimum Gasteiger partial charge on any atom is -0.338 e. The lowest BCUT2D eigenvalue weighted by molar-refractivity contribution is 0.171. The molecule has 0 spiro atoms. The predicted molar refractivity (Wildman–Crippen MR) is 79.4 cm³/mol. The Morgan fingerprint density at radius 2 is 1.45 bits per heavy atom. The summed E-state index contributed by atoms with van der Waals surface area (Å²) in [7, 11) is 0. The number of carbonyl (C=O) groups excluding carboxylic acids is 1. The van der Waals surface area contributed by atoms with Crippen molar-refractivity contribution in [2.45, 2.75) is 12.5 Å². The highest BCUT2D eigenvalue weighted by molar-refractivity contribution is 5.76. The Balaban J connectivity index is 2.02. The number of hydrogen-bond acceptors (Lipinski definition) is 1. The van der Waals surface area contributed by atoms with Gasteiger partial charge in [0.1, 0.15) is 0 Å². The average molecular weight is 266 g/mol. The number of urea groups is 1. The molecule has 1 aliphatic heterocycles. The molecule has 0 atom stereocenters. The first kappa shape index (κ1) is 12.7. The molecule has 0 unspecified atom stereocenters. The van der Waals surface area contributed by atoms with E-state index in [2.05, 4.69) is 29.6 Å². The lowest BCUT2D eigenvalue weighted by atomic mass is 9.96. The van der Waals surface area contributed by atoms with E-state index >= 15 is 0 Å². The molecule has 1 heterocycles. The van der Waals surface area contributed by atoms with Gasteiger partial charge in [0, 0.05) is 13.1 Å². The Hall–Kier alpha value is -2.29. The van der Waals surface area contributed by atoms with Gasteiger partial charge in [0.15, 0.2) is 0 Å². The number of carbonyl (C=O) groups is 1. The second kappa shape index (κ2) is 5.78. The number of nitrogens with zero attached hydrogens (tertiary/aromatic N) is 1. The summed E-state index contributed by atoms with van der Waals surface area (Å²) in [6.07, 6.45) is 0.988. The van der Waals surface area contributed by atoms with Gasteiger partial charge in [0.05, 0.1) is 6.04 Å². The van der Waals surface area contributed by atoms with Crippen molar-refractivity contribution in [3.63, 3.8) is 0 Å². The molecular formula is C17H18N2O. The van der Waals surface area contributed by atoms with Gasteiger partial charge in [0.2, 0.25) is 0 Å². The molecule has 0 radical (unpaired) electrons. The van der Waals surface area contributed by atoms with Crippen LogP contribution < -0.4 is 5.32 Å². The van der Waals surface area contributed by atoms with E-state index < -0.39 is 0 Å². The van der Waals surface area contributed by atoms with Crippen LogP contribution in [0.3, 0.4) is 0 Å². The molecule has 0 saturated carbocycles. The van der Waals surface area contributed by atoms with Crippen LogP contribution in [0.1, 0.15) is 23.6 Å². The zero-order valence-corrected chi connectivity index (χ0v) is 11.3. The zero-order valence-electron chi connectivity index (χ0n) is 11.3. The number of hydrogen-bond donors (Lipinski definition) is 1. The van der Waals surface area contributed by atoms with Gasteiger partial charge in [-0.15, -0.1) is 0 Å². The first-order valence-electron chi connectivity index (χ1n) is 7.00. The van der Waals surface area contributed by atoms with Crippen molar-refractivity contribution in [2.75, 3.05) is 13.1 Å². The Morgan fingerprint density at radius 1 is 0.900 bits per heavy atom. The van der Waals surface area contributed by atoms with Crippen molar-refractivity contribution in [1.82, 2.24) is 10.2 Å². The van der Waals surface area contributed by atoms with Gasteiger partial charge in [-0.3, -0.25) is 0 Å². The molecule has 0 aromatic heterocycles. The van der Waals surface area contributed by atoms with Crippen molar-refractivity contribution in [3.8, 4) is 0 Å². The number of nitrogens with one attached hydrogen (secondary N) is 1. The molecule has 1 saturated heterocycles. The van der Waals surface area contributed by atoms with Crippen molar-refractivity contribution in [2.24, 2.45) is 0 Å². The third-order valence-corrected chi connectivity index (χ3v) is 3.66. The Kier molecular flexibility index (Phi) is 3.68. The maximum absolute atomic E-state index is 12.2. The normalized spacial score (nSPS) is 15.2. The smallest absolute Gasteiger partial charge is 0.318 e. The third kappa shape index (κ3) is 2.52. The summed E-state index contributed by atoms with van der Waals surface area (Å²) in [5.41, 5.74) is 2.30. The minimum absolute atomic E-state index is 0.0160. The Bertz CT molecular complexity index is 529. The van der Waals surface area contributed by atoms with Gasteiger partial charge in [-0.05, 0) is 17.5 Å². The van der Waals surface area contributed by atoms with E-state index in [9.17, 15) is 4.79 Å². The summed E-state index contributed by atoms with van der Waals surface area (Å²) in [6.45, 7) is 1.56. The van der Waals surface area contributed by atoms with Gasteiger partial charge in [-0.2, -0.15) is 0 Å². The minimum atomic E-state index is -0.0160. The molecule has 20 heavy (non-hydrogen) atoms. The van der Waals surface area contributed by atoms with E-state index in [4.69, 9.17) is 0 Å². The molecular weight excluding hydrogens is 248 g/mol. The number of benzene rings is 2. The standard InChI is InChI=1S/C17H18N2O/c20-17-18-12-7-13-19(17)16(14-8-3-1-4-9-14)15-10-5-2-6-11-15/h1-6,8-11,16H,7,12-13H2,(H,18,20). The number of rotatable bonds is 3. The van der Waals surface area contributed by atoms with E-state index in [1.165, 1.54) is 0 Å². The van der Waals surface area contributed by atoms with Crippen LogP contribution in [0, 0.1) is 0 Å². The van der Waals surface area contributed by atoms with Crippen molar-refractivity contribution < 1.29 is 4.79 Å². The highest BCUT2D eigenvalue weighted by Gasteiger charge is 2.28. The fourth-order valence-electron chi connectivity index (χ4n) is 2.72. The average Bonchev–Trinajstić information content (AvgIpc) is 2.52. The molecule has 2 amide bonds. The third-order valence-electron chi connectivity index (χ3n) is 3.66. The van der Waals surface area contributed by atoms with Gasteiger partial charge in [0.25, 0.3) is 0 Å². The van der Waals surface area contributed by atoms with Crippen molar-refractivity contribution in [1.29, 1.82) is 0 Å². The summed E-state index contributed by atoms with van der Waals surface area (Å²) < 4.78 is 0. The molecule has 1 fully saturated rings. The van der Waals surface area contributed by atoms with Crippen LogP contribution in [0.25, 0.3) is 0 Å². The van der Waals surface area contributed by atoms with Gasteiger partial charge in [-0.1, -0.05) is 60.7 Å². The summed E-state index contributed by atoms with van der Waals surface area (Å²) in [6, 6.07) is 20.4. The molecule has 3 rings (SSSR count). The van der Waals surface area contributed by atoms with Gasteiger partial charge in [-0.25, -0.2) is 4.79 Å². The topological polar surface area (TPSA) is 32.3 Å². The Morgan fingerprint density at radius 3 is 1.95 bits per heavy atom. The maximum Gasteiger partial charge on any atom is 0.318 e. The quantitative estimate of drug-likeness (QED) is 0.909. The Labute approximate surface area is 119 Å². The fraction of sp³-hybridized carbons (Fsp3) is 0.235. The molecule has 3 heteroatoms. The number of amides is 2. The first-order valence-corrected chi connectivity index (χ1v) is 7.00. The second-order valence-electron chi connectivity index (χ2n) is 5.00. The highest BCUT2D eigenvalue weighted by Crippen LogP contribution is 2.29. The molecule has 2 aromatic carbocycles. The highest BCUT2D eigenvalue weighted by atomic mass is 16.2. The van der Waals surface area contributed by atoms with Crippen LogP contribution >= 0.6 is 0 Å². The monoisotopic (exact) mass is 266 g/mol. The molecule has 102 valence electrons. The molecule has 3 nitrogen and oxygen atoms in total. The van der Waals surface area contributed by atoms with E-state index in [1.807, 2.05) is 41.3 Å². The lowest BCUT2D eigenvalue weighted by Gasteiger charge is -2.35. The van der Waals surface area contributed by atoms with Crippen LogP contribution in [-0.4, -0.2) is 24.0 Å². The van der Waals surface area contributed by atoms with E-state index in [0.29, 0.717) is 0 Å². The van der Waals surface area contributed by atoms with Crippen molar-refractivity contribution >= 4 is 6.03 Å². The van der Waals surface area contributed by atoms with Crippen LogP contribution in [0.15, 0.2) is 60.7 Å². The van der Waals surface area contributed by atoms with Crippen LogP contribution in [-0.2, 0) is 0 Å². The lowest BCUT2D eigenvalue weighted by Crippen LogP contribution is -2.48. The summed E-state index contributed by atoms with van der Waals surface area (Å²) in [5.74, 6) is 0. The van der Waals surface area contributed by atoms with E-state index in [0.717, 1.165) is 30.6 Å². The van der Waals surface area contributed by atoms with Crippen molar-refractivity contribution in [3.05, 3.63) is 71.8 Å².